The van der Waals surface area contributed by atoms with Gasteiger partial charge in [0.15, 0.2) is 5.03 Å². The van der Waals surface area contributed by atoms with Gasteiger partial charge in [-0.3, -0.25) is 14.4 Å². The largest absolute Gasteiger partial charge is 0.491 e. The summed E-state index contributed by atoms with van der Waals surface area (Å²) in [6.07, 6.45) is 2.51. The Balaban J connectivity index is 1.65. The molecule has 0 spiro atoms. The van der Waals surface area contributed by atoms with Gasteiger partial charge in [0.25, 0.3) is 15.9 Å². The Morgan fingerprint density at radius 2 is 1.93 bits per heavy atom. The Bertz CT molecular complexity index is 1450. The first kappa shape index (κ1) is 29.5. The molecule has 1 N–H and O–H groups in total. The monoisotopic (exact) mass is 573 g/mol. The molecule has 1 amide bonds. The van der Waals surface area contributed by atoms with Crippen molar-refractivity contribution >= 4 is 21.6 Å². The van der Waals surface area contributed by atoms with Crippen molar-refractivity contribution in [2.24, 2.45) is 13.0 Å². The molecule has 1 aliphatic rings. The fraction of sp³-hybridized carbons (Fsp3) is 0.429. The summed E-state index contributed by atoms with van der Waals surface area (Å²) in [6.45, 7) is 5.79. The van der Waals surface area contributed by atoms with Gasteiger partial charge in [-0.15, -0.1) is 0 Å². The van der Waals surface area contributed by atoms with Crippen molar-refractivity contribution in [2.45, 2.75) is 37.6 Å². The first-order valence-corrected chi connectivity index (χ1v) is 14.5. The smallest absolute Gasteiger partial charge is 0.280 e. The molecule has 3 atom stereocenters. The average Bonchev–Trinajstić information content (AvgIpc) is 3.36. The predicted molar refractivity (Wildman–Crippen MR) is 149 cm³/mol. The van der Waals surface area contributed by atoms with Crippen LogP contribution in [-0.4, -0.2) is 79.7 Å². The van der Waals surface area contributed by atoms with E-state index in [0.29, 0.717) is 25.4 Å². The first-order valence-electron chi connectivity index (χ1n) is 13.0. The number of sulfonamides is 1. The second kappa shape index (κ2) is 12.4. The van der Waals surface area contributed by atoms with Crippen molar-refractivity contribution in [3.8, 4) is 5.75 Å². The number of nitrogens with one attached hydrogen (secondary N) is 1. The molecule has 2 heterocycles. The van der Waals surface area contributed by atoms with Crippen molar-refractivity contribution < 1.29 is 27.1 Å². The number of halogens is 1. The van der Waals surface area contributed by atoms with E-state index in [0.717, 1.165) is 5.56 Å². The van der Waals surface area contributed by atoms with E-state index in [1.807, 2.05) is 13.0 Å². The van der Waals surface area contributed by atoms with E-state index in [4.69, 9.17) is 9.47 Å². The molecule has 216 valence electrons. The Morgan fingerprint density at radius 1 is 1.15 bits per heavy atom. The van der Waals surface area contributed by atoms with Crippen LogP contribution in [0.25, 0.3) is 0 Å². The quantitative estimate of drug-likeness (QED) is 0.482. The molecule has 12 heteroatoms. The molecule has 1 aliphatic heterocycles. The Labute approximate surface area is 234 Å². The second-order valence-corrected chi connectivity index (χ2v) is 12.0. The lowest BCUT2D eigenvalue weighted by molar-refractivity contribution is 0.00920. The van der Waals surface area contributed by atoms with Crippen LogP contribution in [0.2, 0.25) is 0 Å². The molecule has 0 radical (unpaired) electrons. The lowest BCUT2D eigenvalue weighted by Gasteiger charge is -2.36. The number of imidazole rings is 1. The highest BCUT2D eigenvalue weighted by Crippen LogP contribution is 2.28. The highest BCUT2D eigenvalue weighted by molar-refractivity contribution is 7.92. The SMILES string of the molecule is CO[C@@H]1CN(C)C(=O)c2cc(NS(=O)(=O)c3cn(C)cn3)ccc2OC[C@H](C)N(Cc2cccc(F)c2)C[C@H]1C. The molecule has 0 saturated carbocycles. The molecule has 40 heavy (non-hydrogen) atoms. The molecule has 1 aromatic heterocycles. The van der Waals surface area contributed by atoms with Gasteiger partial charge in [0, 0.05) is 58.8 Å². The minimum atomic E-state index is -3.96. The summed E-state index contributed by atoms with van der Waals surface area (Å²) in [5, 5.41) is -0.133. The number of anilines is 1. The van der Waals surface area contributed by atoms with E-state index in [1.165, 1.54) is 35.3 Å². The van der Waals surface area contributed by atoms with Crippen LogP contribution in [0.1, 0.15) is 29.8 Å². The minimum Gasteiger partial charge on any atom is -0.491 e. The van der Waals surface area contributed by atoms with Crippen LogP contribution in [-0.2, 0) is 28.4 Å². The zero-order valence-corrected chi connectivity index (χ0v) is 24.2. The maximum atomic E-state index is 13.9. The molecule has 0 bridgehead atoms. The van der Waals surface area contributed by atoms with Gasteiger partial charge in [-0.05, 0) is 48.7 Å². The van der Waals surface area contributed by atoms with Crippen LogP contribution in [0, 0.1) is 11.7 Å². The maximum absolute atomic E-state index is 13.9. The van der Waals surface area contributed by atoms with E-state index in [2.05, 4.69) is 21.5 Å². The van der Waals surface area contributed by atoms with Gasteiger partial charge in [0.1, 0.15) is 18.2 Å². The van der Waals surface area contributed by atoms with Gasteiger partial charge in [-0.1, -0.05) is 19.1 Å². The molecule has 0 aliphatic carbocycles. The van der Waals surface area contributed by atoms with Crippen LogP contribution < -0.4 is 9.46 Å². The van der Waals surface area contributed by atoms with Gasteiger partial charge in [-0.2, -0.15) is 8.42 Å². The molecule has 0 saturated heterocycles. The molecule has 0 fully saturated rings. The number of fused-ring (bicyclic) bond motifs is 1. The minimum absolute atomic E-state index is 0.0340. The average molecular weight is 574 g/mol. The normalized spacial score (nSPS) is 21.2. The van der Waals surface area contributed by atoms with Gasteiger partial charge in [0.2, 0.25) is 0 Å². The third-order valence-electron chi connectivity index (χ3n) is 7.06. The van der Waals surface area contributed by atoms with Crippen LogP contribution in [0.4, 0.5) is 10.1 Å². The summed E-state index contributed by atoms with van der Waals surface area (Å²) in [7, 11) is 1.01. The van der Waals surface area contributed by atoms with Gasteiger partial charge >= 0.3 is 0 Å². The van der Waals surface area contributed by atoms with Gasteiger partial charge in [0.05, 0.1) is 18.0 Å². The number of methoxy groups -OCH3 is 1. The zero-order chi connectivity index (χ0) is 29.0. The third kappa shape index (κ3) is 6.98. The van der Waals surface area contributed by atoms with Crippen molar-refractivity contribution in [1.82, 2.24) is 19.4 Å². The summed E-state index contributed by atoms with van der Waals surface area (Å²) < 4.78 is 55.6. The van der Waals surface area contributed by atoms with Crippen LogP contribution in [0.15, 0.2) is 60.0 Å². The fourth-order valence-corrected chi connectivity index (χ4v) is 5.77. The lowest BCUT2D eigenvalue weighted by atomic mass is 10.0. The van der Waals surface area contributed by atoms with Gasteiger partial charge < -0.3 is 18.9 Å². The number of aromatic nitrogens is 2. The number of carbonyl (C=O) groups is 1. The molecule has 0 unspecified atom stereocenters. The first-order chi connectivity index (χ1) is 19.0. The fourth-order valence-electron chi connectivity index (χ4n) is 4.74. The second-order valence-electron chi connectivity index (χ2n) is 10.4. The number of carbonyl (C=O) groups excluding carboxylic acids is 1. The van der Waals surface area contributed by atoms with Crippen molar-refractivity contribution in [3.05, 3.63) is 71.9 Å². The highest BCUT2D eigenvalue weighted by atomic mass is 32.2. The standard InChI is InChI=1S/C28H36FN5O5S/c1-19-13-34(14-21-7-6-8-22(29)11-21)20(2)17-39-25-10-9-23(31-40(36,37)27-16-32(3)18-30-27)12-24(25)28(35)33(4)15-26(19)38-5/h6-12,16,18-20,26,31H,13-15,17H2,1-5H3/t19-,20+,26-/m1/s1. The van der Waals surface area contributed by atoms with E-state index in [1.54, 1.807) is 44.3 Å². The highest BCUT2D eigenvalue weighted by Gasteiger charge is 2.29. The van der Waals surface area contributed by atoms with Crippen molar-refractivity contribution in [2.75, 3.05) is 38.6 Å². The summed E-state index contributed by atoms with van der Waals surface area (Å²) >= 11 is 0. The van der Waals surface area contributed by atoms with Crippen LogP contribution >= 0.6 is 0 Å². The number of aryl methyl sites for hydroxylation is 1. The number of likely N-dealkylation sites (N-methyl/N-ethyl adjacent to an activating group) is 1. The number of nitrogens with zero attached hydrogens (tertiary/aromatic N) is 4. The molecule has 2 aromatic carbocycles. The van der Waals surface area contributed by atoms with E-state index in [9.17, 15) is 17.6 Å². The molecule has 4 rings (SSSR count). The molecular formula is C28H36FN5O5S. The topological polar surface area (TPSA) is 106 Å². The molecule has 10 nitrogen and oxygen atoms in total. The number of amides is 1. The number of benzene rings is 2. The van der Waals surface area contributed by atoms with E-state index < -0.39 is 10.0 Å². The number of hydrogen-bond donors (Lipinski definition) is 1. The van der Waals surface area contributed by atoms with E-state index in [-0.39, 0.29) is 52.7 Å². The van der Waals surface area contributed by atoms with E-state index >= 15 is 0 Å². The van der Waals surface area contributed by atoms with Crippen LogP contribution in [0.5, 0.6) is 5.75 Å². The Kier molecular flexibility index (Phi) is 9.12. The number of ether oxygens (including phenoxy) is 2. The summed E-state index contributed by atoms with van der Waals surface area (Å²) in [6, 6.07) is 11.0. The summed E-state index contributed by atoms with van der Waals surface area (Å²) in [5.74, 6) is -0.250. The predicted octanol–water partition coefficient (Wildman–Crippen LogP) is 3.37. The maximum Gasteiger partial charge on any atom is 0.280 e. The van der Waals surface area contributed by atoms with Crippen LogP contribution in [0.3, 0.4) is 0 Å². The Hall–Kier alpha value is -3.48. The third-order valence-corrected chi connectivity index (χ3v) is 8.32. The summed E-state index contributed by atoms with van der Waals surface area (Å²) in [4.78, 5) is 21.3. The van der Waals surface area contributed by atoms with Gasteiger partial charge in [-0.25, -0.2) is 9.37 Å². The zero-order valence-electron chi connectivity index (χ0n) is 23.4. The summed E-state index contributed by atoms with van der Waals surface area (Å²) in [5.41, 5.74) is 1.27. The lowest BCUT2D eigenvalue weighted by Crippen LogP contribution is -2.46. The number of rotatable bonds is 6. The van der Waals surface area contributed by atoms with Crippen molar-refractivity contribution in [3.63, 3.8) is 0 Å². The molecule has 3 aromatic rings. The number of hydrogen-bond acceptors (Lipinski definition) is 7. The Morgan fingerprint density at radius 3 is 2.60 bits per heavy atom. The molecular weight excluding hydrogens is 537 g/mol. The van der Waals surface area contributed by atoms with Crippen molar-refractivity contribution in [1.29, 1.82) is 0 Å².